The van der Waals surface area contributed by atoms with Gasteiger partial charge < -0.3 is 9.80 Å². The lowest BCUT2D eigenvalue weighted by atomic mass is 10.1. The zero-order chi connectivity index (χ0) is 25.5. The third-order valence-corrected chi connectivity index (χ3v) is 7.64. The molecular formula is C24H23F3N6O2S. The highest BCUT2D eigenvalue weighted by molar-refractivity contribution is 7.89. The van der Waals surface area contributed by atoms with Crippen LogP contribution in [0.4, 0.5) is 19.1 Å². The van der Waals surface area contributed by atoms with Gasteiger partial charge in [0.25, 0.3) is 10.0 Å². The Morgan fingerprint density at radius 2 is 1.64 bits per heavy atom. The molecule has 1 saturated heterocycles. The molecule has 3 aromatic rings. The third-order valence-electron chi connectivity index (χ3n) is 6.41. The molecule has 12 heteroatoms. The van der Waals surface area contributed by atoms with Gasteiger partial charge in [0.1, 0.15) is 11.6 Å². The van der Waals surface area contributed by atoms with Crippen LogP contribution in [0, 0.1) is 24.4 Å². The number of amidine groups is 1. The Labute approximate surface area is 206 Å². The fourth-order valence-corrected chi connectivity index (χ4v) is 5.16. The van der Waals surface area contributed by atoms with E-state index >= 15 is 0 Å². The van der Waals surface area contributed by atoms with Gasteiger partial charge in [-0.05, 0) is 44.0 Å². The molecule has 1 aromatic heterocycles. The van der Waals surface area contributed by atoms with E-state index < -0.39 is 38.6 Å². The number of nitrogens with zero attached hydrogens (tertiary/aromatic N) is 5. The molecule has 0 atom stereocenters. The summed E-state index contributed by atoms with van der Waals surface area (Å²) in [6.07, 6.45) is 3.53. The minimum absolute atomic E-state index is 0.0235. The minimum Gasteiger partial charge on any atom is -0.345 e. The molecule has 8 nitrogen and oxygen atoms in total. The minimum atomic E-state index is -4.09. The first-order valence-corrected chi connectivity index (χ1v) is 12.8. The second-order valence-electron chi connectivity index (χ2n) is 8.94. The fraction of sp³-hybridized carbons (Fsp3) is 0.292. The topological polar surface area (TPSA) is 90.8 Å². The number of anilines is 1. The standard InChI is InChI=1S/C24H23F3N6O2S/c1-16-5-7-18(8-6-16)36(34,35)31-30-22(21-19(26)3-2-4-20(21)27)33-12-11-32(15-24(33)9-10-24)23-28-13-17(25)14-29-23/h2-8,13-14,31H,9-12,15H2,1H3/b30-22-. The van der Waals surface area contributed by atoms with Gasteiger partial charge in [0, 0.05) is 19.6 Å². The Balaban J connectivity index is 1.50. The number of hydrogen-bond acceptors (Lipinski definition) is 6. The molecular weight excluding hydrogens is 493 g/mol. The maximum Gasteiger partial charge on any atom is 0.276 e. The molecule has 188 valence electrons. The van der Waals surface area contributed by atoms with Gasteiger partial charge in [0.15, 0.2) is 11.7 Å². The molecule has 0 bridgehead atoms. The Kier molecular flexibility index (Phi) is 6.07. The molecule has 2 aliphatic rings. The van der Waals surface area contributed by atoms with E-state index in [2.05, 4.69) is 19.9 Å². The van der Waals surface area contributed by atoms with Crippen molar-refractivity contribution >= 4 is 21.8 Å². The van der Waals surface area contributed by atoms with E-state index in [1.165, 1.54) is 18.2 Å². The number of benzene rings is 2. The first-order chi connectivity index (χ1) is 17.2. The highest BCUT2D eigenvalue weighted by Gasteiger charge is 2.53. The summed E-state index contributed by atoms with van der Waals surface area (Å²) >= 11 is 0. The van der Waals surface area contributed by atoms with E-state index in [9.17, 15) is 21.6 Å². The summed E-state index contributed by atoms with van der Waals surface area (Å²) < 4.78 is 68.9. The normalized spacial score (nSPS) is 17.4. The van der Waals surface area contributed by atoms with Crippen LogP contribution in [0.5, 0.6) is 0 Å². The summed E-state index contributed by atoms with van der Waals surface area (Å²) in [6.45, 7) is 2.85. The lowest BCUT2D eigenvalue weighted by molar-refractivity contribution is 0.256. The number of halogens is 3. The van der Waals surface area contributed by atoms with E-state index in [0.29, 0.717) is 31.9 Å². The van der Waals surface area contributed by atoms with Crippen molar-refractivity contribution in [1.82, 2.24) is 19.7 Å². The molecule has 2 heterocycles. The van der Waals surface area contributed by atoms with Gasteiger partial charge in [-0.3, -0.25) is 0 Å². The van der Waals surface area contributed by atoms with Crippen LogP contribution >= 0.6 is 0 Å². The average Bonchev–Trinajstić information content (AvgIpc) is 3.61. The number of aromatic nitrogens is 2. The SMILES string of the molecule is Cc1ccc(S(=O)(=O)N/N=C(/c2c(F)cccc2F)N2CCN(c3ncc(F)cn3)CC23CC3)cc1. The molecule has 36 heavy (non-hydrogen) atoms. The summed E-state index contributed by atoms with van der Waals surface area (Å²) in [7, 11) is -4.09. The number of hydrogen-bond donors (Lipinski definition) is 1. The second kappa shape index (κ2) is 9.08. The van der Waals surface area contributed by atoms with Crippen molar-refractivity contribution in [1.29, 1.82) is 0 Å². The summed E-state index contributed by atoms with van der Waals surface area (Å²) in [5.74, 6) is -2.06. The van der Waals surface area contributed by atoms with Crippen molar-refractivity contribution < 1.29 is 21.6 Å². The molecule has 0 amide bonds. The van der Waals surface area contributed by atoms with Gasteiger partial charge in [0.05, 0.1) is 28.4 Å². The van der Waals surface area contributed by atoms with Crippen LogP contribution in [0.3, 0.4) is 0 Å². The van der Waals surface area contributed by atoms with Gasteiger partial charge in [-0.2, -0.15) is 13.2 Å². The zero-order valence-corrected chi connectivity index (χ0v) is 20.1. The van der Waals surface area contributed by atoms with Crippen molar-refractivity contribution in [3.63, 3.8) is 0 Å². The van der Waals surface area contributed by atoms with Crippen LogP contribution < -0.4 is 9.73 Å². The molecule has 1 spiro atoms. The highest BCUT2D eigenvalue weighted by atomic mass is 32.2. The van der Waals surface area contributed by atoms with E-state index in [1.807, 2.05) is 11.8 Å². The van der Waals surface area contributed by atoms with Crippen LogP contribution in [-0.2, 0) is 10.0 Å². The number of rotatable bonds is 5. The van der Waals surface area contributed by atoms with Gasteiger partial charge in [0.2, 0.25) is 5.95 Å². The van der Waals surface area contributed by atoms with E-state index in [1.54, 1.807) is 17.0 Å². The highest BCUT2D eigenvalue weighted by Crippen LogP contribution is 2.45. The lowest BCUT2D eigenvalue weighted by Crippen LogP contribution is -2.58. The molecule has 2 fully saturated rings. The van der Waals surface area contributed by atoms with Crippen molar-refractivity contribution in [3.05, 3.63) is 83.4 Å². The average molecular weight is 517 g/mol. The Morgan fingerprint density at radius 1 is 1.00 bits per heavy atom. The molecule has 1 aliphatic heterocycles. The quantitative estimate of drug-likeness (QED) is 0.318. The van der Waals surface area contributed by atoms with Crippen LogP contribution in [-0.4, -0.2) is 54.3 Å². The largest absolute Gasteiger partial charge is 0.345 e. The van der Waals surface area contributed by atoms with Crippen LogP contribution in [0.25, 0.3) is 0 Å². The summed E-state index contributed by atoms with van der Waals surface area (Å²) in [6, 6.07) is 9.59. The number of hydrazone groups is 1. The molecule has 0 radical (unpaired) electrons. The van der Waals surface area contributed by atoms with Crippen LogP contribution in [0.15, 0.2) is 64.9 Å². The maximum absolute atomic E-state index is 14.9. The predicted molar refractivity (Wildman–Crippen MR) is 127 cm³/mol. The van der Waals surface area contributed by atoms with Gasteiger partial charge in [-0.15, -0.1) is 5.10 Å². The van der Waals surface area contributed by atoms with Crippen LogP contribution in [0.2, 0.25) is 0 Å². The van der Waals surface area contributed by atoms with Crippen molar-refractivity contribution in [2.75, 3.05) is 24.5 Å². The van der Waals surface area contributed by atoms with E-state index in [0.717, 1.165) is 30.1 Å². The Hall–Kier alpha value is -3.67. The first kappa shape index (κ1) is 24.0. The smallest absolute Gasteiger partial charge is 0.276 e. The second-order valence-corrected chi connectivity index (χ2v) is 10.6. The molecule has 0 unspecified atom stereocenters. The van der Waals surface area contributed by atoms with Crippen LogP contribution in [0.1, 0.15) is 24.0 Å². The number of nitrogens with one attached hydrogen (secondary N) is 1. The maximum atomic E-state index is 14.9. The zero-order valence-electron chi connectivity index (χ0n) is 19.3. The van der Waals surface area contributed by atoms with Crippen molar-refractivity contribution in [3.8, 4) is 0 Å². The molecule has 5 rings (SSSR count). The van der Waals surface area contributed by atoms with E-state index in [-0.39, 0.29) is 17.3 Å². The first-order valence-electron chi connectivity index (χ1n) is 11.3. The number of aryl methyl sites for hydroxylation is 1. The van der Waals surface area contributed by atoms with E-state index in [4.69, 9.17) is 0 Å². The Morgan fingerprint density at radius 3 is 2.25 bits per heavy atom. The number of piperazine rings is 1. The third kappa shape index (κ3) is 4.60. The number of sulfonamides is 1. The fourth-order valence-electron chi connectivity index (χ4n) is 4.36. The molecule has 2 aromatic carbocycles. The van der Waals surface area contributed by atoms with Crippen molar-refractivity contribution in [2.45, 2.75) is 30.2 Å². The lowest BCUT2D eigenvalue weighted by Gasteiger charge is -2.43. The summed E-state index contributed by atoms with van der Waals surface area (Å²) in [5, 5.41) is 4.08. The summed E-state index contributed by atoms with van der Waals surface area (Å²) in [4.78, 5) is 13.8. The van der Waals surface area contributed by atoms with Crippen molar-refractivity contribution in [2.24, 2.45) is 5.10 Å². The summed E-state index contributed by atoms with van der Waals surface area (Å²) in [5.41, 5.74) is -0.0918. The molecule has 1 aliphatic carbocycles. The molecule has 1 N–H and O–H groups in total. The Bertz CT molecular complexity index is 1390. The van der Waals surface area contributed by atoms with Gasteiger partial charge in [-0.25, -0.2) is 23.1 Å². The van der Waals surface area contributed by atoms with Gasteiger partial charge in [-0.1, -0.05) is 23.8 Å². The monoisotopic (exact) mass is 516 g/mol. The van der Waals surface area contributed by atoms with Gasteiger partial charge >= 0.3 is 0 Å². The molecule has 1 saturated carbocycles. The predicted octanol–water partition coefficient (Wildman–Crippen LogP) is 3.20.